The van der Waals surface area contributed by atoms with Crippen molar-refractivity contribution in [2.75, 3.05) is 6.54 Å². The van der Waals surface area contributed by atoms with E-state index in [9.17, 15) is 4.79 Å². The molecule has 0 spiro atoms. The lowest BCUT2D eigenvalue weighted by molar-refractivity contribution is -0.140. The highest BCUT2D eigenvalue weighted by Gasteiger charge is 2.38. The van der Waals surface area contributed by atoms with Crippen molar-refractivity contribution in [2.24, 2.45) is 10.9 Å². The molecule has 1 saturated heterocycles. The fraction of sp³-hybridized carbons (Fsp3) is 0.636. The third-order valence-electron chi connectivity index (χ3n) is 3.36. The molecule has 0 amide bonds. The molecular formula is C11H16N2O2. The lowest BCUT2D eigenvalue weighted by atomic mass is 9.97. The van der Waals surface area contributed by atoms with Crippen LogP contribution < -0.4 is 0 Å². The van der Waals surface area contributed by atoms with E-state index < -0.39 is 5.97 Å². The third-order valence-corrected chi connectivity index (χ3v) is 3.36. The fourth-order valence-corrected chi connectivity index (χ4v) is 2.43. The average Bonchev–Trinajstić information content (AvgIpc) is 2.58. The van der Waals surface area contributed by atoms with Gasteiger partial charge < -0.3 is 10.0 Å². The quantitative estimate of drug-likeness (QED) is 0.710. The van der Waals surface area contributed by atoms with E-state index in [2.05, 4.69) is 4.99 Å². The molecule has 0 saturated carbocycles. The highest BCUT2D eigenvalue weighted by molar-refractivity contribution is 5.86. The molecule has 4 nitrogen and oxygen atoms in total. The largest absolute Gasteiger partial charge is 0.481 e. The number of hydrogen-bond donors (Lipinski definition) is 1. The zero-order chi connectivity index (χ0) is 11.2. The summed E-state index contributed by atoms with van der Waals surface area (Å²) in [4.78, 5) is 17.7. The highest BCUT2D eigenvalue weighted by atomic mass is 16.4. The number of rotatable bonds is 1. The van der Waals surface area contributed by atoms with Crippen LogP contribution in [-0.2, 0) is 4.79 Å². The Morgan fingerprint density at radius 3 is 2.80 bits per heavy atom. The predicted octanol–water partition coefficient (Wildman–Crippen LogP) is 1.49. The lowest BCUT2D eigenvalue weighted by Crippen LogP contribution is -2.33. The highest BCUT2D eigenvalue weighted by Crippen LogP contribution is 2.35. The first-order valence-corrected chi connectivity index (χ1v) is 5.27. The smallest absolute Gasteiger partial charge is 0.312 e. The summed E-state index contributed by atoms with van der Waals surface area (Å²) in [7, 11) is 0. The van der Waals surface area contributed by atoms with E-state index >= 15 is 0 Å². The molecule has 2 heterocycles. The SMILES string of the molecule is CC1=N[C@@H](C)C(C)=C2C(C(=O)O)CCN12. The van der Waals surface area contributed by atoms with Gasteiger partial charge in [-0.2, -0.15) is 0 Å². The molecule has 1 fully saturated rings. The summed E-state index contributed by atoms with van der Waals surface area (Å²) in [6.45, 7) is 6.74. The second kappa shape index (κ2) is 3.36. The number of nitrogens with zero attached hydrogens (tertiary/aromatic N) is 2. The summed E-state index contributed by atoms with van der Waals surface area (Å²) in [5.41, 5.74) is 2.08. The lowest BCUT2D eigenvalue weighted by Gasteiger charge is -2.30. The van der Waals surface area contributed by atoms with Gasteiger partial charge in [-0.15, -0.1) is 0 Å². The van der Waals surface area contributed by atoms with E-state index in [1.54, 1.807) is 0 Å². The Morgan fingerprint density at radius 2 is 2.20 bits per heavy atom. The van der Waals surface area contributed by atoms with E-state index in [1.165, 1.54) is 0 Å². The van der Waals surface area contributed by atoms with Gasteiger partial charge in [-0.3, -0.25) is 9.79 Å². The Balaban J connectivity index is 2.43. The van der Waals surface area contributed by atoms with E-state index in [0.717, 1.165) is 23.7 Å². The van der Waals surface area contributed by atoms with E-state index in [-0.39, 0.29) is 12.0 Å². The number of carbonyl (C=O) groups is 1. The molecule has 15 heavy (non-hydrogen) atoms. The van der Waals surface area contributed by atoms with Gasteiger partial charge in [-0.25, -0.2) is 0 Å². The number of carboxylic acids is 1. The second-order valence-corrected chi connectivity index (χ2v) is 4.25. The zero-order valence-corrected chi connectivity index (χ0v) is 9.32. The van der Waals surface area contributed by atoms with Crippen molar-refractivity contribution in [2.45, 2.75) is 33.2 Å². The third kappa shape index (κ3) is 1.44. The van der Waals surface area contributed by atoms with Crippen LogP contribution in [0.25, 0.3) is 0 Å². The van der Waals surface area contributed by atoms with Crippen molar-refractivity contribution in [3.05, 3.63) is 11.3 Å². The van der Waals surface area contributed by atoms with Gasteiger partial charge in [0.1, 0.15) is 5.84 Å². The minimum atomic E-state index is -0.714. The van der Waals surface area contributed by atoms with Crippen LogP contribution in [0.1, 0.15) is 27.2 Å². The molecule has 82 valence electrons. The van der Waals surface area contributed by atoms with Crippen molar-refractivity contribution in [3.63, 3.8) is 0 Å². The van der Waals surface area contributed by atoms with Crippen LogP contribution in [0, 0.1) is 5.92 Å². The number of amidine groups is 1. The van der Waals surface area contributed by atoms with Crippen LogP contribution in [0.4, 0.5) is 0 Å². The van der Waals surface area contributed by atoms with Crippen molar-refractivity contribution in [1.29, 1.82) is 0 Å². The van der Waals surface area contributed by atoms with Crippen LogP contribution in [0.2, 0.25) is 0 Å². The molecule has 0 aliphatic carbocycles. The molecule has 1 unspecified atom stereocenters. The van der Waals surface area contributed by atoms with Crippen molar-refractivity contribution in [3.8, 4) is 0 Å². The topological polar surface area (TPSA) is 52.9 Å². The summed E-state index contributed by atoms with van der Waals surface area (Å²) < 4.78 is 0. The van der Waals surface area contributed by atoms with Gasteiger partial charge in [0.2, 0.25) is 0 Å². The first kappa shape index (κ1) is 10.2. The van der Waals surface area contributed by atoms with Crippen LogP contribution >= 0.6 is 0 Å². The summed E-state index contributed by atoms with van der Waals surface area (Å²) in [5, 5.41) is 9.14. The maximum atomic E-state index is 11.1. The molecule has 1 N–H and O–H groups in total. The maximum absolute atomic E-state index is 11.1. The number of hydrogen-bond acceptors (Lipinski definition) is 3. The molecular weight excluding hydrogens is 192 g/mol. The number of aliphatic carboxylic acids is 1. The predicted molar refractivity (Wildman–Crippen MR) is 57.7 cm³/mol. The van der Waals surface area contributed by atoms with Crippen LogP contribution in [0.3, 0.4) is 0 Å². The van der Waals surface area contributed by atoms with Gasteiger partial charge in [-0.05, 0) is 32.8 Å². The van der Waals surface area contributed by atoms with Gasteiger partial charge in [0, 0.05) is 12.2 Å². The van der Waals surface area contributed by atoms with Crippen LogP contribution in [0.15, 0.2) is 16.3 Å². The molecule has 0 bridgehead atoms. The Kier molecular flexibility index (Phi) is 2.29. The molecule has 2 aliphatic rings. The normalized spacial score (nSPS) is 30.3. The van der Waals surface area contributed by atoms with Gasteiger partial charge in [0.25, 0.3) is 0 Å². The van der Waals surface area contributed by atoms with Crippen molar-refractivity contribution >= 4 is 11.8 Å². The maximum Gasteiger partial charge on any atom is 0.312 e. The van der Waals surface area contributed by atoms with Crippen LogP contribution in [-0.4, -0.2) is 34.4 Å². The number of carboxylic acid groups (broad SMARTS) is 1. The Bertz CT molecular complexity index is 363. The van der Waals surface area contributed by atoms with Gasteiger partial charge in [0.05, 0.1) is 12.0 Å². The first-order valence-electron chi connectivity index (χ1n) is 5.27. The van der Waals surface area contributed by atoms with Gasteiger partial charge in [-0.1, -0.05) is 0 Å². The number of aliphatic imine (C=N–C) groups is 1. The second-order valence-electron chi connectivity index (χ2n) is 4.25. The minimum absolute atomic E-state index is 0.121. The molecule has 0 aromatic heterocycles. The molecule has 0 aromatic rings. The molecule has 2 atom stereocenters. The monoisotopic (exact) mass is 208 g/mol. The molecule has 0 aromatic carbocycles. The summed E-state index contributed by atoms with van der Waals surface area (Å²) in [5.74, 6) is -0.0986. The van der Waals surface area contributed by atoms with Gasteiger partial charge >= 0.3 is 5.97 Å². The van der Waals surface area contributed by atoms with Crippen LogP contribution in [0.5, 0.6) is 0 Å². The molecule has 2 rings (SSSR count). The van der Waals surface area contributed by atoms with E-state index in [0.29, 0.717) is 6.42 Å². The number of fused-ring (bicyclic) bond motifs is 1. The Labute approximate surface area is 89.3 Å². The molecule has 4 heteroatoms. The van der Waals surface area contributed by atoms with E-state index in [4.69, 9.17) is 5.11 Å². The fourth-order valence-electron chi connectivity index (χ4n) is 2.43. The molecule has 0 radical (unpaired) electrons. The minimum Gasteiger partial charge on any atom is -0.481 e. The zero-order valence-electron chi connectivity index (χ0n) is 9.32. The summed E-state index contributed by atoms with van der Waals surface area (Å²) >= 11 is 0. The molecule has 2 aliphatic heterocycles. The van der Waals surface area contributed by atoms with Crippen molar-refractivity contribution < 1.29 is 9.90 Å². The summed E-state index contributed by atoms with van der Waals surface area (Å²) in [6.07, 6.45) is 0.696. The average molecular weight is 208 g/mol. The summed E-state index contributed by atoms with van der Waals surface area (Å²) in [6, 6.07) is 0.121. The van der Waals surface area contributed by atoms with Gasteiger partial charge in [0.15, 0.2) is 0 Å². The van der Waals surface area contributed by atoms with E-state index in [1.807, 2.05) is 25.7 Å². The Morgan fingerprint density at radius 1 is 1.53 bits per heavy atom. The Hall–Kier alpha value is -1.32. The first-order chi connectivity index (χ1) is 7.02. The van der Waals surface area contributed by atoms with Crippen molar-refractivity contribution in [1.82, 2.24) is 4.90 Å². The standard InChI is InChI=1S/C11H16N2O2/c1-6-7(2)12-8(3)13-5-4-9(10(6)13)11(14)15/h7,9H,4-5H2,1-3H3,(H,14,15)/t7-,9?/m0/s1.